The molecule has 4 aromatic rings. The van der Waals surface area contributed by atoms with Crippen LogP contribution in [-0.4, -0.2) is 32.3 Å². The zero-order valence-electron chi connectivity index (χ0n) is 35.6. The Bertz CT molecular complexity index is 1490. The highest BCUT2D eigenvalue weighted by Crippen LogP contribution is 2.44. The molecule has 0 spiro atoms. The highest BCUT2D eigenvalue weighted by molar-refractivity contribution is 7.79. The van der Waals surface area contributed by atoms with Crippen LogP contribution in [0, 0.1) is 0 Å². The Hall–Kier alpha value is -1.65. The molecule has 4 unspecified atom stereocenters. The van der Waals surface area contributed by atoms with E-state index in [1.54, 1.807) is 0 Å². The molecule has 0 nitrogen and oxygen atoms in total. The first-order valence-corrected chi connectivity index (χ1v) is 36.8. The first kappa shape index (κ1) is 43.1. The van der Waals surface area contributed by atoms with E-state index in [9.17, 15) is 0 Å². The molecule has 0 aromatic heterocycles. The Labute approximate surface area is 326 Å². The Morgan fingerprint density at radius 2 is 0.462 bits per heavy atom. The maximum atomic E-state index is 2.60. The number of benzene rings is 4. The van der Waals surface area contributed by atoms with Crippen LogP contribution in [0.3, 0.4) is 0 Å². The quantitative estimate of drug-likeness (QED) is 0.0881. The standard InChI is InChI=1S/C46H70P2Si4/c1-35(49(5,6)7)39-17-25-43(26-18-39)47(44-27-19-40(20-28-44)36(2)50(8,9)10)33-34-48(45-29-21-41(22-30-45)37(3)51(11,12)13)46-31-23-42(24-32-46)38(4)52(14,15)16/h17-38H,1-16H3/b34-33-. The fourth-order valence-corrected chi connectivity index (χ4v) is 15.5. The molecule has 0 amide bonds. The van der Waals surface area contributed by atoms with Crippen molar-refractivity contribution in [1.29, 1.82) is 0 Å². The Morgan fingerprint density at radius 3 is 0.596 bits per heavy atom. The van der Waals surface area contributed by atoms with Crippen molar-refractivity contribution in [1.82, 2.24) is 0 Å². The average Bonchev–Trinajstić information content (AvgIpc) is 3.08. The van der Waals surface area contributed by atoms with Crippen LogP contribution in [0.2, 0.25) is 78.6 Å². The van der Waals surface area contributed by atoms with Gasteiger partial charge in [-0.3, -0.25) is 0 Å². The summed E-state index contributed by atoms with van der Waals surface area (Å²) in [6.45, 7) is 39.6. The maximum Gasteiger partial charge on any atom is 0.0517 e. The second-order valence-corrected chi connectivity index (χ2v) is 46.3. The number of rotatable bonds is 14. The van der Waals surface area contributed by atoms with Gasteiger partial charge in [-0.05, 0) is 81.5 Å². The molecule has 0 aliphatic heterocycles. The van der Waals surface area contributed by atoms with Crippen molar-refractivity contribution in [2.24, 2.45) is 0 Å². The summed E-state index contributed by atoms with van der Waals surface area (Å²) in [6.07, 6.45) is 0. The molecular weight excluding hydrogens is 727 g/mol. The average molecular weight is 797 g/mol. The van der Waals surface area contributed by atoms with Crippen LogP contribution in [0.4, 0.5) is 0 Å². The van der Waals surface area contributed by atoms with Crippen molar-refractivity contribution in [3.63, 3.8) is 0 Å². The molecular formula is C46H70P2Si4. The lowest BCUT2D eigenvalue weighted by Crippen LogP contribution is -2.29. The van der Waals surface area contributed by atoms with E-state index < -0.39 is 48.1 Å². The van der Waals surface area contributed by atoms with Gasteiger partial charge in [-0.15, -0.1) is 0 Å². The van der Waals surface area contributed by atoms with Crippen LogP contribution in [0.1, 0.15) is 72.1 Å². The normalized spacial score (nSPS) is 16.7. The summed E-state index contributed by atoms with van der Waals surface area (Å²) in [5, 5.41) is 5.77. The van der Waals surface area contributed by atoms with Gasteiger partial charge in [0.15, 0.2) is 0 Å². The van der Waals surface area contributed by atoms with Crippen LogP contribution in [0.15, 0.2) is 109 Å². The van der Waals surface area contributed by atoms with E-state index in [0.29, 0.717) is 22.2 Å². The first-order valence-electron chi connectivity index (χ1n) is 19.6. The molecule has 0 saturated carbocycles. The SMILES string of the molecule is CC(c1ccc(P(/C=C\P(c2ccc(C(C)[Si](C)(C)C)cc2)c2ccc(C(C)[Si](C)(C)C)cc2)c2ccc(C(C)[Si](C)(C)C)cc2)cc1)[Si](C)(C)C. The van der Waals surface area contributed by atoms with Gasteiger partial charge in [0, 0.05) is 0 Å². The van der Waals surface area contributed by atoms with E-state index in [0.717, 1.165) is 0 Å². The summed E-state index contributed by atoms with van der Waals surface area (Å²) in [6, 6.07) is 39.0. The minimum absolute atomic E-state index is 0.636. The number of hydrogen-bond donors (Lipinski definition) is 0. The monoisotopic (exact) mass is 796 g/mol. The van der Waals surface area contributed by atoms with Crippen molar-refractivity contribution in [3.05, 3.63) is 131 Å². The minimum atomic E-state index is -1.29. The molecule has 4 rings (SSSR count). The number of hydrogen-bond acceptors (Lipinski definition) is 0. The maximum absolute atomic E-state index is 2.60. The van der Waals surface area contributed by atoms with Gasteiger partial charge < -0.3 is 0 Å². The summed E-state index contributed by atoms with van der Waals surface area (Å²) >= 11 is 0. The summed E-state index contributed by atoms with van der Waals surface area (Å²) < 4.78 is 0. The third-order valence-electron chi connectivity index (χ3n) is 12.2. The molecule has 4 aromatic carbocycles. The van der Waals surface area contributed by atoms with Crippen molar-refractivity contribution >= 4 is 69.4 Å². The fraction of sp³-hybridized carbons (Fsp3) is 0.435. The Balaban J connectivity index is 1.83. The van der Waals surface area contributed by atoms with Gasteiger partial charge in [0.25, 0.3) is 0 Å². The molecule has 0 bridgehead atoms. The molecule has 6 heteroatoms. The lowest BCUT2D eigenvalue weighted by molar-refractivity contribution is 1.02. The fourth-order valence-electron chi connectivity index (χ4n) is 6.47. The zero-order chi connectivity index (χ0) is 38.8. The highest BCUT2D eigenvalue weighted by Gasteiger charge is 2.27. The Morgan fingerprint density at radius 1 is 0.308 bits per heavy atom. The predicted molar refractivity (Wildman–Crippen MR) is 254 cm³/mol. The van der Waals surface area contributed by atoms with Crippen molar-refractivity contribution in [2.45, 2.75) is 128 Å². The first-order chi connectivity index (χ1) is 24.0. The van der Waals surface area contributed by atoms with E-state index >= 15 is 0 Å². The third kappa shape index (κ3) is 11.0. The van der Waals surface area contributed by atoms with Gasteiger partial charge in [0.05, 0.1) is 32.3 Å². The largest absolute Gasteiger partial charge is 0.0691 e. The molecule has 0 aliphatic rings. The second kappa shape index (κ2) is 17.0. The molecule has 0 aliphatic carbocycles. The van der Waals surface area contributed by atoms with Gasteiger partial charge >= 0.3 is 0 Å². The molecule has 0 saturated heterocycles. The van der Waals surface area contributed by atoms with Gasteiger partial charge in [-0.2, -0.15) is 0 Å². The molecule has 52 heavy (non-hydrogen) atoms. The summed E-state index contributed by atoms with van der Waals surface area (Å²) in [7, 11) is -6.52. The van der Waals surface area contributed by atoms with Gasteiger partial charge in [-0.1, -0.05) is 215 Å². The van der Waals surface area contributed by atoms with E-state index in [1.807, 2.05) is 0 Å². The molecule has 280 valence electrons. The Kier molecular flexibility index (Phi) is 14.1. The van der Waals surface area contributed by atoms with Crippen LogP contribution in [0.5, 0.6) is 0 Å². The minimum Gasteiger partial charge on any atom is -0.0691 e. The van der Waals surface area contributed by atoms with Crippen LogP contribution >= 0.6 is 15.8 Å². The summed E-state index contributed by atoms with van der Waals surface area (Å²) in [5.74, 6) is 5.21. The summed E-state index contributed by atoms with van der Waals surface area (Å²) in [5.41, 5.74) is 8.50. The molecule has 0 heterocycles. The summed E-state index contributed by atoms with van der Waals surface area (Å²) in [4.78, 5) is 0. The van der Waals surface area contributed by atoms with Gasteiger partial charge in [-0.25, -0.2) is 0 Å². The van der Waals surface area contributed by atoms with Crippen LogP contribution in [-0.2, 0) is 0 Å². The smallest absolute Gasteiger partial charge is 0.0517 e. The van der Waals surface area contributed by atoms with Gasteiger partial charge in [0.1, 0.15) is 0 Å². The predicted octanol–water partition coefficient (Wildman–Crippen LogP) is 13.6. The molecule has 0 fully saturated rings. The zero-order valence-corrected chi connectivity index (χ0v) is 41.4. The van der Waals surface area contributed by atoms with Crippen molar-refractivity contribution in [3.8, 4) is 0 Å². The lowest BCUT2D eigenvalue weighted by Gasteiger charge is -2.27. The third-order valence-corrected chi connectivity index (χ3v) is 28.5. The van der Waals surface area contributed by atoms with E-state index in [1.165, 1.54) is 43.5 Å². The van der Waals surface area contributed by atoms with Crippen LogP contribution in [0.25, 0.3) is 0 Å². The van der Waals surface area contributed by atoms with Crippen molar-refractivity contribution < 1.29 is 0 Å². The molecule has 0 radical (unpaired) electrons. The lowest BCUT2D eigenvalue weighted by atomic mass is 10.2. The molecule has 4 atom stereocenters. The highest BCUT2D eigenvalue weighted by atomic mass is 31.1. The van der Waals surface area contributed by atoms with Gasteiger partial charge in [0.2, 0.25) is 0 Å². The van der Waals surface area contributed by atoms with Crippen LogP contribution < -0.4 is 21.2 Å². The van der Waals surface area contributed by atoms with E-state index in [-0.39, 0.29) is 0 Å². The van der Waals surface area contributed by atoms with Crippen molar-refractivity contribution in [2.75, 3.05) is 0 Å². The molecule has 0 N–H and O–H groups in total. The second-order valence-electron chi connectivity index (χ2n) is 19.8. The van der Waals surface area contributed by atoms with E-state index in [2.05, 4.69) is 215 Å². The van der Waals surface area contributed by atoms with E-state index in [4.69, 9.17) is 0 Å². The topological polar surface area (TPSA) is 0 Å².